The molecule has 0 aliphatic rings. The molecular formula is C25H20Cl2N2O3. The lowest BCUT2D eigenvalue weighted by atomic mass is 10.1. The second kappa shape index (κ2) is 9.47. The minimum Gasteiger partial charge on any atom is -0.502 e. The molecule has 162 valence electrons. The number of nitrogens with zero attached hydrogens (tertiary/aromatic N) is 1. The Morgan fingerprint density at radius 2 is 1.66 bits per heavy atom. The Morgan fingerprint density at radius 3 is 2.41 bits per heavy atom. The molecule has 0 spiro atoms. The number of fused-ring (bicyclic) bond motifs is 1. The van der Waals surface area contributed by atoms with Crippen LogP contribution in [0.1, 0.15) is 22.3 Å². The van der Waals surface area contributed by atoms with Crippen LogP contribution in [-0.2, 0) is 6.42 Å². The van der Waals surface area contributed by atoms with Crippen molar-refractivity contribution in [3.63, 3.8) is 0 Å². The Labute approximate surface area is 194 Å². The number of carbonyl (C=O) groups is 1. The van der Waals surface area contributed by atoms with Crippen molar-refractivity contribution in [1.29, 1.82) is 0 Å². The Hall–Kier alpha value is -3.28. The molecule has 4 aromatic rings. The summed E-state index contributed by atoms with van der Waals surface area (Å²) < 4.78 is 1.41. The van der Waals surface area contributed by atoms with Gasteiger partial charge in [-0.1, -0.05) is 65.7 Å². The van der Waals surface area contributed by atoms with E-state index in [1.165, 1.54) is 4.57 Å². The van der Waals surface area contributed by atoms with Crippen molar-refractivity contribution in [3.8, 4) is 11.4 Å². The number of rotatable bonds is 6. The number of nitrogens with one attached hydrogen (secondary N) is 1. The maximum atomic E-state index is 13.0. The van der Waals surface area contributed by atoms with Crippen LogP contribution in [-0.4, -0.2) is 22.1 Å². The first-order valence-corrected chi connectivity index (χ1v) is 10.9. The Balaban J connectivity index is 1.59. The zero-order chi connectivity index (χ0) is 22.7. The third-order valence-corrected chi connectivity index (χ3v) is 5.95. The van der Waals surface area contributed by atoms with Gasteiger partial charge in [-0.2, -0.15) is 0 Å². The van der Waals surface area contributed by atoms with Crippen molar-refractivity contribution in [1.82, 2.24) is 9.88 Å². The molecule has 0 fully saturated rings. The quantitative estimate of drug-likeness (QED) is 0.375. The maximum Gasteiger partial charge on any atom is 0.298 e. The van der Waals surface area contributed by atoms with Gasteiger partial charge >= 0.3 is 0 Å². The van der Waals surface area contributed by atoms with E-state index >= 15 is 0 Å². The smallest absolute Gasteiger partial charge is 0.298 e. The highest BCUT2D eigenvalue weighted by Gasteiger charge is 2.21. The fraction of sp³-hybridized carbons (Fsp3) is 0.120. The van der Waals surface area contributed by atoms with E-state index in [4.69, 9.17) is 23.2 Å². The number of aromatic hydroxyl groups is 1. The number of carbonyl (C=O) groups excluding carboxylic acids is 1. The molecular weight excluding hydrogens is 447 g/mol. The number of aryl methyl sites for hydroxylation is 1. The van der Waals surface area contributed by atoms with Gasteiger partial charge in [-0.05, 0) is 48.7 Å². The second-order valence-corrected chi connectivity index (χ2v) is 8.14. The highest BCUT2D eigenvalue weighted by Crippen LogP contribution is 2.26. The van der Waals surface area contributed by atoms with E-state index in [0.29, 0.717) is 46.0 Å². The maximum absolute atomic E-state index is 13.0. The molecule has 0 unspecified atom stereocenters. The second-order valence-electron chi connectivity index (χ2n) is 7.32. The number of benzene rings is 3. The van der Waals surface area contributed by atoms with Gasteiger partial charge in [0.05, 0.1) is 21.1 Å². The van der Waals surface area contributed by atoms with E-state index in [1.807, 2.05) is 24.3 Å². The third-order valence-electron chi connectivity index (χ3n) is 5.21. The molecule has 0 saturated heterocycles. The van der Waals surface area contributed by atoms with Crippen molar-refractivity contribution in [2.24, 2.45) is 0 Å². The van der Waals surface area contributed by atoms with Gasteiger partial charge in [-0.3, -0.25) is 14.2 Å². The molecule has 4 rings (SSSR count). The van der Waals surface area contributed by atoms with Gasteiger partial charge < -0.3 is 10.4 Å². The third kappa shape index (κ3) is 4.35. The Bertz CT molecular complexity index is 1350. The number of para-hydroxylation sites is 2. The molecule has 1 heterocycles. The van der Waals surface area contributed by atoms with Crippen LogP contribution in [0.3, 0.4) is 0 Å². The normalized spacial score (nSPS) is 10.9. The van der Waals surface area contributed by atoms with Crippen molar-refractivity contribution in [2.45, 2.75) is 12.8 Å². The summed E-state index contributed by atoms with van der Waals surface area (Å²) in [5, 5.41) is 15.0. The van der Waals surface area contributed by atoms with Crippen LogP contribution in [0.15, 0.2) is 77.6 Å². The van der Waals surface area contributed by atoms with Gasteiger partial charge in [0.2, 0.25) is 0 Å². The van der Waals surface area contributed by atoms with E-state index in [2.05, 4.69) is 5.32 Å². The topological polar surface area (TPSA) is 71.3 Å². The van der Waals surface area contributed by atoms with E-state index in [1.54, 1.807) is 48.5 Å². The van der Waals surface area contributed by atoms with Crippen LogP contribution in [0.25, 0.3) is 16.6 Å². The SMILES string of the molecule is O=C(NCCCc1ccc(Cl)c(Cl)c1)c1c(O)c(=O)n(-c2ccccc2)c2ccccc12. The summed E-state index contributed by atoms with van der Waals surface area (Å²) in [6, 6.07) is 21.5. The van der Waals surface area contributed by atoms with Gasteiger partial charge in [0, 0.05) is 17.6 Å². The fourth-order valence-corrected chi connectivity index (χ4v) is 3.99. The first-order valence-electron chi connectivity index (χ1n) is 10.1. The monoisotopic (exact) mass is 466 g/mol. The number of amides is 1. The molecule has 7 heteroatoms. The summed E-state index contributed by atoms with van der Waals surface area (Å²) in [6.07, 6.45) is 1.35. The molecule has 0 aliphatic carbocycles. The first kappa shape index (κ1) is 21.9. The van der Waals surface area contributed by atoms with Gasteiger partial charge in [0.25, 0.3) is 11.5 Å². The van der Waals surface area contributed by atoms with E-state index in [-0.39, 0.29) is 5.56 Å². The van der Waals surface area contributed by atoms with Crippen LogP contribution < -0.4 is 10.9 Å². The predicted octanol–water partition coefficient (Wildman–Crippen LogP) is 5.37. The van der Waals surface area contributed by atoms with E-state index in [9.17, 15) is 14.7 Å². The van der Waals surface area contributed by atoms with E-state index in [0.717, 1.165) is 5.56 Å². The zero-order valence-corrected chi connectivity index (χ0v) is 18.5. The van der Waals surface area contributed by atoms with Gasteiger partial charge in [-0.15, -0.1) is 0 Å². The van der Waals surface area contributed by atoms with Crippen LogP contribution in [0.2, 0.25) is 10.0 Å². The lowest BCUT2D eigenvalue weighted by Crippen LogP contribution is -2.28. The molecule has 1 aromatic heterocycles. The van der Waals surface area contributed by atoms with Crippen LogP contribution in [0.5, 0.6) is 5.75 Å². The lowest BCUT2D eigenvalue weighted by molar-refractivity contribution is 0.0952. The summed E-state index contributed by atoms with van der Waals surface area (Å²) >= 11 is 12.0. The van der Waals surface area contributed by atoms with Crippen LogP contribution in [0, 0.1) is 0 Å². The molecule has 32 heavy (non-hydrogen) atoms. The fourth-order valence-electron chi connectivity index (χ4n) is 3.67. The Morgan fingerprint density at radius 1 is 0.938 bits per heavy atom. The van der Waals surface area contributed by atoms with Crippen LogP contribution in [0.4, 0.5) is 0 Å². The summed E-state index contributed by atoms with van der Waals surface area (Å²) in [7, 11) is 0. The molecule has 1 amide bonds. The summed E-state index contributed by atoms with van der Waals surface area (Å²) in [6.45, 7) is 0.370. The lowest BCUT2D eigenvalue weighted by Gasteiger charge is -2.15. The Kier molecular flexibility index (Phi) is 6.49. The largest absolute Gasteiger partial charge is 0.502 e. The van der Waals surface area contributed by atoms with Gasteiger partial charge in [-0.25, -0.2) is 0 Å². The van der Waals surface area contributed by atoms with Gasteiger partial charge in [0.15, 0.2) is 5.75 Å². The minimum absolute atomic E-state index is 0.0210. The molecule has 0 bridgehead atoms. The minimum atomic E-state index is -0.643. The summed E-state index contributed by atoms with van der Waals surface area (Å²) in [5.41, 5.74) is 1.50. The predicted molar refractivity (Wildman–Crippen MR) is 128 cm³/mol. The van der Waals surface area contributed by atoms with Crippen molar-refractivity contribution < 1.29 is 9.90 Å². The number of hydrogen-bond donors (Lipinski definition) is 2. The zero-order valence-electron chi connectivity index (χ0n) is 17.0. The highest BCUT2D eigenvalue weighted by molar-refractivity contribution is 6.42. The number of hydrogen-bond acceptors (Lipinski definition) is 3. The summed E-state index contributed by atoms with van der Waals surface area (Å²) in [5.74, 6) is -1.07. The average molecular weight is 467 g/mol. The molecule has 0 saturated carbocycles. The number of halogens is 2. The summed E-state index contributed by atoms with van der Waals surface area (Å²) in [4.78, 5) is 25.9. The molecule has 2 N–H and O–H groups in total. The van der Waals surface area contributed by atoms with Crippen molar-refractivity contribution >= 4 is 40.0 Å². The van der Waals surface area contributed by atoms with E-state index < -0.39 is 17.2 Å². The standard InChI is InChI=1S/C25H20Cl2N2O3/c26-19-13-12-16(15-20(19)27)7-6-14-28-24(31)22-18-10-4-5-11-21(18)29(25(32)23(22)30)17-8-2-1-3-9-17/h1-5,8-13,15,30H,6-7,14H2,(H,28,31). The highest BCUT2D eigenvalue weighted by atomic mass is 35.5. The average Bonchev–Trinajstić information content (AvgIpc) is 2.80. The van der Waals surface area contributed by atoms with Crippen molar-refractivity contribution in [3.05, 3.63) is 104 Å². The molecule has 0 radical (unpaired) electrons. The van der Waals surface area contributed by atoms with Gasteiger partial charge in [0.1, 0.15) is 0 Å². The van der Waals surface area contributed by atoms with Crippen molar-refractivity contribution in [2.75, 3.05) is 6.54 Å². The number of aromatic nitrogens is 1. The molecule has 0 aliphatic heterocycles. The molecule has 3 aromatic carbocycles. The number of pyridine rings is 1. The molecule has 5 nitrogen and oxygen atoms in total. The van der Waals surface area contributed by atoms with Crippen LogP contribution >= 0.6 is 23.2 Å². The molecule has 0 atom stereocenters. The first-order chi connectivity index (χ1) is 15.5.